The topological polar surface area (TPSA) is 78.8 Å². The van der Waals surface area contributed by atoms with Crippen LogP contribution in [0.2, 0.25) is 0 Å². The smallest absolute Gasteiger partial charge is 0.217 e. The second-order valence-corrected chi connectivity index (χ2v) is 7.00. The number of benzene rings is 1. The third-order valence-corrected chi connectivity index (χ3v) is 5.08. The minimum Gasteiger partial charge on any atom is -0.351 e. The quantitative estimate of drug-likeness (QED) is 0.735. The molecule has 3 heterocycles. The molecule has 0 saturated carbocycles. The largest absolute Gasteiger partial charge is 0.351 e. The number of H-pyrrole nitrogens is 1. The number of nitrogens with zero attached hydrogens (tertiary/aromatic N) is 4. The van der Waals surface area contributed by atoms with Gasteiger partial charge in [-0.3, -0.25) is 9.69 Å². The number of aromatic nitrogens is 4. The lowest BCUT2D eigenvalue weighted by Crippen LogP contribution is -2.22. The number of nitrogens with one attached hydrogen (secondary N) is 2. The second-order valence-electron chi connectivity index (χ2n) is 7.00. The third-order valence-electron chi connectivity index (χ3n) is 5.08. The Hall–Kier alpha value is -2.67. The summed E-state index contributed by atoms with van der Waals surface area (Å²) in [4.78, 5) is 26.1. The van der Waals surface area contributed by atoms with E-state index >= 15 is 0 Å². The van der Waals surface area contributed by atoms with Crippen molar-refractivity contribution < 1.29 is 4.79 Å². The van der Waals surface area contributed by atoms with Gasteiger partial charge in [-0.25, -0.2) is 9.97 Å². The lowest BCUT2D eigenvalue weighted by atomic mass is 10.1. The van der Waals surface area contributed by atoms with Crippen LogP contribution < -0.4 is 5.32 Å². The fourth-order valence-electron chi connectivity index (χ4n) is 3.63. The van der Waals surface area contributed by atoms with Gasteiger partial charge in [-0.05, 0) is 25.1 Å². The van der Waals surface area contributed by atoms with Crippen molar-refractivity contribution in [3.8, 4) is 0 Å². The van der Waals surface area contributed by atoms with Crippen LogP contribution >= 0.6 is 0 Å². The molecule has 3 aromatic rings. The number of carbonyl (C=O) groups is 1. The van der Waals surface area contributed by atoms with E-state index in [1.807, 2.05) is 12.3 Å². The molecule has 0 bridgehead atoms. The maximum absolute atomic E-state index is 11.0. The second kappa shape index (κ2) is 6.92. The van der Waals surface area contributed by atoms with Crippen molar-refractivity contribution in [3.05, 3.63) is 47.8 Å². The van der Waals surface area contributed by atoms with Crippen LogP contribution in [0.25, 0.3) is 11.0 Å². The minimum atomic E-state index is -0.0318. The first-order valence-electron chi connectivity index (χ1n) is 9.01. The summed E-state index contributed by atoms with van der Waals surface area (Å²) >= 11 is 0. The Balaban J connectivity index is 1.40. The van der Waals surface area contributed by atoms with Gasteiger partial charge in [-0.15, -0.1) is 0 Å². The predicted octanol–water partition coefficient (Wildman–Crippen LogP) is 1.92. The summed E-state index contributed by atoms with van der Waals surface area (Å²) < 4.78 is 2.18. The number of rotatable bonds is 5. The third kappa shape index (κ3) is 3.35. The summed E-state index contributed by atoms with van der Waals surface area (Å²) in [6.07, 6.45) is 2.90. The van der Waals surface area contributed by atoms with E-state index < -0.39 is 0 Å². The standard InChI is InChI=1S/C19H24N6O/c1-13(26)20-9-15-10-21-19(22-15)14-7-8-25(11-14)12-18-23-16-5-3-4-6-17(16)24(18)2/h3-6,10,14H,7-9,11-12H2,1-2H3,(H,20,26)(H,21,22). The highest BCUT2D eigenvalue weighted by Gasteiger charge is 2.27. The highest BCUT2D eigenvalue weighted by molar-refractivity contribution is 5.75. The highest BCUT2D eigenvalue weighted by Crippen LogP contribution is 2.26. The van der Waals surface area contributed by atoms with Crippen molar-refractivity contribution in [2.45, 2.75) is 32.4 Å². The molecule has 1 atom stereocenters. The van der Waals surface area contributed by atoms with Gasteiger partial charge >= 0.3 is 0 Å². The molecule has 0 radical (unpaired) electrons. The van der Waals surface area contributed by atoms with Gasteiger partial charge in [-0.2, -0.15) is 0 Å². The SMILES string of the molecule is CC(=O)NCc1cnc(C2CCN(Cc3nc4ccccc4n3C)C2)[nH]1. The Morgan fingerprint density at radius 1 is 1.38 bits per heavy atom. The zero-order valence-electron chi connectivity index (χ0n) is 15.2. The van der Waals surface area contributed by atoms with Crippen LogP contribution in [0.3, 0.4) is 0 Å². The monoisotopic (exact) mass is 352 g/mol. The normalized spacial score (nSPS) is 17.8. The Bertz CT molecular complexity index is 927. The van der Waals surface area contributed by atoms with Crippen molar-refractivity contribution in [2.24, 2.45) is 7.05 Å². The van der Waals surface area contributed by atoms with Gasteiger partial charge in [0.15, 0.2) is 0 Å². The van der Waals surface area contributed by atoms with Crippen molar-refractivity contribution in [3.63, 3.8) is 0 Å². The van der Waals surface area contributed by atoms with E-state index in [0.717, 1.165) is 48.9 Å². The van der Waals surface area contributed by atoms with Crippen molar-refractivity contribution >= 4 is 16.9 Å². The van der Waals surface area contributed by atoms with Gasteiger partial charge in [0.2, 0.25) is 5.91 Å². The molecule has 1 aliphatic heterocycles. The molecular weight excluding hydrogens is 328 g/mol. The molecule has 4 rings (SSSR count). The van der Waals surface area contributed by atoms with Gasteiger partial charge in [0, 0.05) is 26.4 Å². The summed E-state index contributed by atoms with van der Waals surface area (Å²) in [6, 6.07) is 8.25. The molecule has 2 N–H and O–H groups in total. The van der Waals surface area contributed by atoms with Crippen LogP contribution in [0.15, 0.2) is 30.5 Å². The lowest BCUT2D eigenvalue weighted by Gasteiger charge is -2.15. The fourth-order valence-corrected chi connectivity index (χ4v) is 3.63. The van der Waals surface area contributed by atoms with E-state index in [4.69, 9.17) is 4.98 Å². The first-order valence-corrected chi connectivity index (χ1v) is 9.01. The molecule has 1 fully saturated rings. The van der Waals surface area contributed by atoms with Gasteiger partial charge < -0.3 is 14.9 Å². The molecule has 1 aromatic carbocycles. The minimum absolute atomic E-state index is 0.0318. The van der Waals surface area contributed by atoms with E-state index in [2.05, 4.69) is 50.0 Å². The summed E-state index contributed by atoms with van der Waals surface area (Å²) in [5.74, 6) is 2.47. The number of hydrogen-bond acceptors (Lipinski definition) is 4. The van der Waals surface area contributed by atoms with Gasteiger partial charge in [0.1, 0.15) is 11.6 Å². The first-order chi connectivity index (χ1) is 12.6. The van der Waals surface area contributed by atoms with Crippen LogP contribution in [0.1, 0.15) is 36.6 Å². The zero-order chi connectivity index (χ0) is 18.1. The molecule has 1 aliphatic rings. The molecule has 7 heteroatoms. The zero-order valence-corrected chi connectivity index (χ0v) is 15.2. The van der Waals surface area contributed by atoms with Crippen LogP contribution in [0.4, 0.5) is 0 Å². The van der Waals surface area contributed by atoms with E-state index in [-0.39, 0.29) is 5.91 Å². The number of para-hydroxylation sites is 2. The number of fused-ring (bicyclic) bond motifs is 1. The van der Waals surface area contributed by atoms with Crippen molar-refractivity contribution in [2.75, 3.05) is 13.1 Å². The highest BCUT2D eigenvalue weighted by atomic mass is 16.1. The van der Waals surface area contributed by atoms with Gasteiger partial charge in [0.25, 0.3) is 0 Å². The number of likely N-dealkylation sites (tertiary alicyclic amines) is 1. The summed E-state index contributed by atoms with van der Waals surface area (Å²) in [6.45, 7) is 4.87. The lowest BCUT2D eigenvalue weighted by molar-refractivity contribution is -0.119. The van der Waals surface area contributed by atoms with Crippen LogP contribution in [-0.2, 0) is 24.9 Å². The van der Waals surface area contributed by atoms with Crippen LogP contribution in [0.5, 0.6) is 0 Å². The van der Waals surface area contributed by atoms with Gasteiger partial charge in [-0.1, -0.05) is 12.1 Å². The van der Waals surface area contributed by atoms with E-state index in [1.54, 1.807) is 0 Å². The maximum atomic E-state index is 11.0. The van der Waals surface area contributed by atoms with E-state index in [1.165, 1.54) is 12.4 Å². The molecule has 0 spiro atoms. The number of carbonyl (C=O) groups excluding carboxylic acids is 1. The number of imidazole rings is 2. The molecule has 0 aliphatic carbocycles. The molecule has 7 nitrogen and oxygen atoms in total. The summed E-state index contributed by atoms with van der Waals surface area (Å²) in [7, 11) is 2.08. The van der Waals surface area contributed by atoms with Gasteiger partial charge in [0.05, 0.1) is 36.0 Å². The Morgan fingerprint density at radius 2 is 2.23 bits per heavy atom. The Morgan fingerprint density at radius 3 is 3.04 bits per heavy atom. The number of hydrogen-bond donors (Lipinski definition) is 2. The summed E-state index contributed by atoms with van der Waals surface area (Å²) in [5, 5.41) is 2.79. The molecule has 1 saturated heterocycles. The van der Waals surface area contributed by atoms with Crippen LogP contribution in [-0.4, -0.2) is 43.4 Å². The number of aromatic amines is 1. The molecule has 26 heavy (non-hydrogen) atoms. The van der Waals surface area contributed by atoms with Crippen molar-refractivity contribution in [1.82, 2.24) is 29.7 Å². The Kier molecular flexibility index (Phi) is 4.46. The molecular formula is C19H24N6O. The number of aryl methyl sites for hydroxylation is 1. The number of amides is 1. The maximum Gasteiger partial charge on any atom is 0.217 e. The molecule has 2 aromatic heterocycles. The molecule has 136 valence electrons. The first kappa shape index (κ1) is 16.8. The van der Waals surface area contributed by atoms with E-state index in [9.17, 15) is 4.79 Å². The molecule has 1 unspecified atom stereocenters. The van der Waals surface area contributed by atoms with E-state index in [0.29, 0.717) is 12.5 Å². The average Bonchev–Trinajstić information content (AvgIpc) is 3.34. The van der Waals surface area contributed by atoms with Crippen LogP contribution in [0, 0.1) is 0 Å². The summed E-state index contributed by atoms with van der Waals surface area (Å²) in [5.41, 5.74) is 3.17. The Labute approximate surface area is 152 Å². The molecule has 1 amide bonds. The average molecular weight is 352 g/mol. The predicted molar refractivity (Wildman–Crippen MR) is 99.5 cm³/mol. The van der Waals surface area contributed by atoms with Crippen molar-refractivity contribution in [1.29, 1.82) is 0 Å². The fraction of sp³-hybridized carbons (Fsp3) is 0.421.